The summed E-state index contributed by atoms with van der Waals surface area (Å²) in [5.41, 5.74) is 1.32. The van der Waals surface area contributed by atoms with Gasteiger partial charge in [0, 0.05) is 6.54 Å². The summed E-state index contributed by atoms with van der Waals surface area (Å²) in [5.74, 6) is 1.03. The smallest absolute Gasteiger partial charge is 0.138 e. The minimum absolute atomic E-state index is 0.920. The number of benzene rings is 1. The van der Waals surface area contributed by atoms with E-state index >= 15 is 0 Å². The normalized spacial score (nSPS) is 17.8. The Hall–Kier alpha value is -0.580. The van der Waals surface area contributed by atoms with E-state index in [0.29, 0.717) is 0 Å². The van der Waals surface area contributed by atoms with Crippen LogP contribution in [0.2, 0.25) is 0 Å². The van der Waals surface area contributed by atoms with Gasteiger partial charge in [0.25, 0.3) is 0 Å². The van der Waals surface area contributed by atoms with Gasteiger partial charge in [0.15, 0.2) is 0 Å². The summed E-state index contributed by atoms with van der Waals surface area (Å²) < 4.78 is 1.02. The van der Waals surface area contributed by atoms with Crippen molar-refractivity contribution in [1.29, 1.82) is 0 Å². The Balaban J connectivity index is 2.00. The zero-order valence-corrected chi connectivity index (χ0v) is 11.1. The van der Waals surface area contributed by atoms with Crippen LogP contribution in [0.5, 0.6) is 0 Å². The molecule has 0 bridgehead atoms. The minimum atomic E-state index is 0.920. The van der Waals surface area contributed by atoms with Crippen molar-refractivity contribution in [2.24, 2.45) is 0 Å². The zero-order chi connectivity index (χ0) is 11.4. The molecule has 0 N–H and O–H groups in total. The van der Waals surface area contributed by atoms with Crippen molar-refractivity contribution in [2.45, 2.75) is 13.5 Å². The van der Waals surface area contributed by atoms with Crippen molar-refractivity contribution in [1.82, 2.24) is 9.80 Å². The van der Waals surface area contributed by atoms with Crippen LogP contribution in [0.4, 0.5) is 0 Å². The highest BCUT2D eigenvalue weighted by atomic mass is 32.2. The van der Waals surface area contributed by atoms with E-state index in [-0.39, 0.29) is 0 Å². The summed E-state index contributed by atoms with van der Waals surface area (Å²) in [4.78, 5) is 4.66. The molecule has 0 aromatic heterocycles. The van der Waals surface area contributed by atoms with Gasteiger partial charge in [-0.05, 0) is 12.1 Å². The Kier molecular flexibility index (Phi) is 4.21. The van der Waals surface area contributed by atoms with Crippen molar-refractivity contribution in [3.8, 4) is 0 Å². The third-order valence-corrected chi connectivity index (χ3v) is 4.27. The summed E-state index contributed by atoms with van der Waals surface area (Å²) >= 11 is 7.15. The molecule has 1 saturated heterocycles. The highest BCUT2D eigenvalue weighted by molar-refractivity contribution is 8.22. The molecule has 1 aliphatic heterocycles. The molecule has 0 spiro atoms. The van der Waals surface area contributed by atoms with Gasteiger partial charge < -0.3 is 4.90 Å². The van der Waals surface area contributed by atoms with E-state index in [2.05, 4.69) is 41.0 Å². The monoisotopic (exact) mass is 252 g/mol. The van der Waals surface area contributed by atoms with Crippen LogP contribution < -0.4 is 0 Å². The maximum atomic E-state index is 5.39. The van der Waals surface area contributed by atoms with Crippen molar-refractivity contribution in [3.05, 3.63) is 35.9 Å². The molecule has 4 heteroatoms. The average Bonchev–Trinajstić information content (AvgIpc) is 2.33. The first-order chi connectivity index (χ1) is 7.79. The Morgan fingerprint density at radius 3 is 2.75 bits per heavy atom. The molecular weight excluding hydrogens is 236 g/mol. The van der Waals surface area contributed by atoms with Crippen molar-refractivity contribution in [2.75, 3.05) is 19.1 Å². The summed E-state index contributed by atoms with van der Waals surface area (Å²) in [6.45, 7) is 5.15. The van der Waals surface area contributed by atoms with E-state index < -0.39 is 0 Å². The number of hydrogen-bond acceptors (Lipinski definition) is 3. The number of hydrogen-bond donors (Lipinski definition) is 0. The van der Waals surface area contributed by atoms with Crippen LogP contribution in [0, 0.1) is 0 Å². The van der Waals surface area contributed by atoms with Gasteiger partial charge in [-0.25, -0.2) is 0 Å². The first-order valence-corrected chi connectivity index (χ1v) is 6.87. The highest BCUT2D eigenvalue weighted by Gasteiger charge is 2.20. The molecule has 0 unspecified atom stereocenters. The molecule has 1 heterocycles. The van der Waals surface area contributed by atoms with Crippen LogP contribution in [-0.2, 0) is 6.54 Å². The van der Waals surface area contributed by atoms with E-state index in [1.807, 2.05) is 6.07 Å². The van der Waals surface area contributed by atoms with E-state index in [0.717, 1.165) is 30.0 Å². The SMILES string of the molecule is CCN1CSC(=S)N(Cc2ccccc2)C1. The second-order valence-corrected chi connectivity index (χ2v) is 5.43. The summed E-state index contributed by atoms with van der Waals surface area (Å²) in [5, 5.41) is 0. The molecule has 2 nitrogen and oxygen atoms in total. The molecule has 0 saturated carbocycles. The van der Waals surface area contributed by atoms with E-state index in [1.165, 1.54) is 5.56 Å². The van der Waals surface area contributed by atoms with Crippen LogP contribution in [0.15, 0.2) is 30.3 Å². The largest absolute Gasteiger partial charge is 0.340 e. The molecular formula is C12H16N2S2. The molecule has 0 atom stereocenters. The number of thiocarbonyl (C=S) groups is 1. The number of rotatable bonds is 3. The number of nitrogens with zero attached hydrogens (tertiary/aromatic N) is 2. The predicted octanol–water partition coefficient (Wildman–Crippen LogP) is 2.76. The zero-order valence-electron chi connectivity index (χ0n) is 9.43. The fraction of sp³-hybridized carbons (Fsp3) is 0.417. The van der Waals surface area contributed by atoms with Crippen LogP contribution in [0.1, 0.15) is 12.5 Å². The van der Waals surface area contributed by atoms with Gasteiger partial charge in [-0.15, -0.1) is 0 Å². The second kappa shape index (κ2) is 5.66. The molecule has 0 radical (unpaired) electrons. The predicted molar refractivity (Wildman–Crippen MR) is 74.3 cm³/mol. The van der Waals surface area contributed by atoms with Crippen molar-refractivity contribution >= 4 is 28.3 Å². The third kappa shape index (κ3) is 2.97. The number of thioether (sulfide) groups is 1. The quantitative estimate of drug-likeness (QED) is 0.763. The maximum absolute atomic E-state index is 5.39. The lowest BCUT2D eigenvalue weighted by atomic mass is 10.2. The van der Waals surface area contributed by atoms with Gasteiger partial charge >= 0.3 is 0 Å². The van der Waals surface area contributed by atoms with E-state index in [4.69, 9.17) is 12.2 Å². The first kappa shape index (κ1) is 11.9. The fourth-order valence-electron chi connectivity index (χ4n) is 1.69. The molecule has 1 aliphatic rings. The molecule has 0 aliphatic carbocycles. The molecule has 16 heavy (non-hydrogen) atoms. The first-order valence-electron chi connectivity index (χ1n) is 5.47. The molecule has 1 aromatic rings. The Morgan fingerprint density at radius 1 is 1.31 bits per heavy atom. The topological polar surface area (TPSA) is 6.48 Å². The Bertz CT molecular complexity index is 353. The van der Waals surface area contributed by atoms with Gasteiger partial charge in [-0.1, -0.05) is 61.2 Å². The Morgan fingerprint density at radius 2 is 2.06 bits per heavy atom. The highest BCUT2D eigenvalue weighted by Crippen LogP contribution is 2.20. The summed E-state index contributed by atoms with van der Waals surface area (Å²) in [7, 11) is 0. The molecule has 0 amide bonds. The lowest BCUT2D eigenvalue weighted by Gasteiger charge is -2.36. The van der Waals surface area contributed by atoms with Crippen LogP contribution in [0.25, 0.3) is 0 Å². The molecule has 1 aromatic carbocycles. The molecule has 86 valence electrons. The van der Waals surface area contributed by atoms with Gasteiger partial charge in [-0.2, -0.15) is 0 Å². The fourth-order valence-corrected chi connectivity index (χ4v) is 2.83. The van der Waals surface area contributed by atoms with Crippen molar-refractivity contribution in [3.63, 3.8) is 0 Å². The minimum Gasteiger partial charge on any atom is -0.340 e. The summed E-state index contributed by atoms with van der Waals surface area (Å²) in [6, 6.07) is 10.5. The second-order valence-electron chi connectivity index (χ2n) is 3.85. The van der Waals surface area contributed by atoms with Gasteiger partial charge in [0.05, 0.1) is 12.5 Å². The molecule has 2 rings (SSSR count). The lowest BCUT2D eigenvalue weighted by molar-refractivity contribution is 0.216. The third-order valence-electron chi connectivity index (χ3n) is 2.66. The molecule has 1 fully saturated rings. The lowest BCUT2D eigenvalue weighted by Crippen LogP contribution is -2.44. The van der Waals surface area contributed by atoms with Gasteiger partial charge in [-0.3, -0.25) is 4.90 Å². The maximum Gasteiger partial charge on any atom is 0.138 e. The van der Waals surface area contributed by atoms with Gasteiger partial charge in [0.2, 0.25) is 0 Å². The van der Waals surface area contributed by atoms with Crippen LogP contribution >= 0.6 is 24.0 Å². The average molecular weight is 252 g/mol. The summed E-state index contributed by atoms with van der Waals surface area (Å²) in [6.07, 6.45) is 0. The van der Waals surface area contributed by atoms with Crippen molar-refractivity contribution < 1.29 is 0 Å². The van der Waals surface area contributed by atoms with E-state index in [1.54, 1.807) is 11.8 Å². The van der Waals surface area contributed by atoms with Crippen LogP contribution in [0.3, 0.4) is 0 Å². The Labute approximate surface area is 107 Å². The van der Waals surface area contributed by atoms with E-state index in [9.17, 15) is 0 Å². The van der Waals surface area contributed by atoms with Gasteiger partial charge in [0.1, 0.15) is 4.32 Å². The standard InChI is InChI=1S/C12H16N2S2/c1-2-13-9-14(12(15)16-10-13)8-11-6-4-3-5-7-11/h3-7H,2,8-10H2,1H3. The van der Waals surface area contributed by atoms with Crippen LogP contribution in [-0.4, -0.2) is 33.2 Å².